The molecule has 0 bridgehead atoms. The first kappa shape index (κ1) is 24.5. The summed E-state index contributed by atoms with van der Waals surface area (Å²) in [6.45, 7) is 4.44. The van der Waals surface area contributed by atoms with Crippen LogP contribution >= 0.6 is 0 Å². The molecule has 0 N–H and O–H groups in total. The average molecular weight is 511 g/mol. The van der Waals surface area contributed by atoms with Gasteiger partial charge in [-0.3, -0.25) is 0 Å². The third kappa shape index (κ3) is 4.87. The summed E-state index contributed by atoms with van der Waals surface area (Å²) in [5.74, 6) is 4.26. The van der Waals surface area contributed by atoms with Crippen LogP contribution in [0.25, 0.3) is 56.3 Å². The maximum absolute atomic E-state index is 6.09. The number of hydrogen-bond donors (Lipinski definition) is 0. The van der Waals surface area contributed by atoms with E-state index in [1.165, 1.54) is 38.5 Å². The summed E-state index contributed by atoms with van der Waals surface area (Å²) in [5.41, 5.74) is 3.01. The zero-order valence-electron chi connectivity index (χ0n) is 22.2. The predicted octanol–water partition coefficient (Wildman–Crippen LogP) is 9.89. The molecule has 0 aliphatic rings. The Morgan fingerprint density at radius 3 is 1.42 bits per heavy atom. The van der Waals surface area contributed by atoms with Crippen LogP contribution in [0.5, 0.6) is 0 Å². The van der Waals surface area contributed by atoms with Crippen LogP contribution in [-0.4, -0.2) is 9.97 Å². The molecular weight excluding hydrogens is 476 g/mol. The molecule has 0 radical (unpaired) electrons. The Bertz CT molecular complexity index is 1540. The van der Waals surface area contributed by atoms with Gasteiger partial charge in [-0.2, -0.15) is 0 Å². The lowest BCUT2D eigenvalue weighted by Crippen LogP contribution is -1.82. The predicted molar refractivity (Wildman–Crippen MR) is 150 cm³/mol. The molecule has 0 amide bonds. The lowest BCUT2D eigenvalue weighted by Gasteiger charge is -1.97. The molecule has 0 spiro atoms. The van der Waals surface area contributed by atoms with Crippen molar-refractivity contribution in [2.75, 3.05) is 0 Å². The van der Waals surface area contributed by atoms with Crippen molar-refractivity contribution in [3.05, 3.63) is 60.1 Å². The van der Waals surface area contributed by atoms with Gasteiger partial charge >= 0.3 is 0 Å². The van der Waals surface area contributed by atoms with Crippen molar-refractivity contribution in [2.24, 2.45) is 0 Å². The van der Waals surface area contributed by atoms with E-state index in [0.29, 0.717) is 23.3 Å². The number of unbranched alkanes of at least 4 members (excludes halogenated alkanes) is 6. The monoisotopic (exact) mass is 510 g/mol. The van der Waals surface area contributed by atoms with Gasteiger partial charge in [0.25, 0.3) is 11.8 Å². The van der Waals surface area contributed by atoms with E-state index >= 15 is 0 Å². The van der Waals surface area contributed by atoms with E-state index in [9.17, 15) is 0 Å². The van der Waals surface area contributed by atoms with Crippen LogP contribution in [0.15, 0.2) is 66.2 Å². The van der Waals surface area contributed by atoms with Crippen LogP contribution < -0.4 is 0 Å². The number of oxazole rings is 2. The van der Waals surface area contributed by atoms with Crippen molar-refractivity contribution in [3.8, 4) is 23.3 Å². The molecule has 0 atom stereocenters. The molecule has 4 aromatic heterocycles. The molecule has 0 saturated carbocycles. The second-order valence-corrected chi connectivity index (χ2v) is 10.1. The van der Waals surface area contributed by atoms with Crippen molar-refractivity contribution < 1.29 is 17.7 Å². The number of hydrogen-bond acceptors (Lipinski definition) is 6. The first-order chi connectivity index (χ1) is 18.7. The van der Waals surface area contributed by atoms with E-state index in [2.05, 4.69) is 13.8 Å². The van der Waals surface area contributed by atoms with E-state index in [1.54, 1.807) is 0 Å². The molecule has 4 heterocycles. The van der Waals surface area contributed by atoms with Gasteiger partial charge < -0.3 is 17.7 Å². The van der Waals surface area contributed by atoms with Gasteiger partial charge in [0.15, 0.2) is 22.7 Å². The van der Waals surface area contributed by atoms with E-state index in [1.807, 2.05) is 48.5 Å². The van der Waals surface area contributed by atoms with Crippen molar-refractivity contribution in [1.29, 1.82) is 0 Å². The largest absolute Gasteiger partial charge is 0.456 e. The first-order valence-electron chi connectivity index (χ1n) is 14.0. The van der Waals surface area contributed by atoms with Gasteiger partial charge in [0.05, 0.1) is 0 Å². The van der Waals surface area contributed by atoms with Crippen LogP contribution in [0.1, 0.15) is 76.7 Å². The van der Waals surface area contributed by atoms with E-state index < -0.39 is 0 Å². The van der Waals surface area contributed by atoms with Gasteiger partial charge in [-0.1, -0.05) is 52.4 Å². The van der Waals surface area contributed by atoms with Crippen LogP contribution in [0, 0.1) is 0 Å². The summed E-state index contributed by atoms with van der Waals surface area (Å²) in [6.07, 6.45) is 11.6. The number of aromatic nitrogens is 2. The van der Waals surface area contributed by atoms with Gasteiger partial charge in [0.2, 0.25) is 0 Å². The number of nitrogens with zero attached hydrogens (tertiary/aromatic N) is 2. The number of benzene rings is 2. The van der Waals surface area contributed by atoms with Gasteiger partial charge in [-0.15, -0.1) is 0 Å². The summed E-state index contributed by atoms with van der Waals surface area (Å²) < 4.78 is 24.3. The average Bonchev–Trinajstić information content (AvgIpc) is 3.73. The molecular formula is C32H34N2O4. The van der Waals surface area contributed by atoms with Crippen molar-refractivity contribution in [3.63, 3.8) is 0 Å². The fourth-order valence-electron chi connectivity index (χ4n) is 5.10. The molecule has 0 saturated heterocycles. The van der Waals surface area contributed by atoms with Crippen molar-refractivity contribution in [2.45, 2.75) is 78.1 Å². The minimum Gasteiger partial charge on any atom is -0.456 e. The molecule has 196 valence electrons. The SMILES string of the molecule is CCCCCCc1ccc(-c2nc3c(ccc4c3ccc3oc(-c5ccc(CCCCCC)o5)nc34)o2)o1. The molecule has 0 unspecified atom stereocenters. The third-order valence-electron chi connectivity index (χ3n) is 7.21. The van der Waals surface area contributed by atoms with E-state index in [-0.39, 0.29) is 0 Å². The highest BCUT2D eigenvalue weighted by Crippen LogP contribution is 2.36. The highest BCUT2D eigenvalue weighted by atomic mass is 16.4. The molecule has 2 aromatic carbocycles. The molecule has 6 heteroatoms. The molecule has 0 fully saturated rings. The summed E-state index contributed by atoms with van der Waals surface area (Å²) >= 11 is 0. The minimum absolute atomic E-state index is 0.496. The molecule has 0 aliphatic carbocycles. The van der Waals surface area contributed by atoms with Gasteiger partial charge in [-0.25, -0.2) is 9.97 Å². The zero-order chi connectivity index (χ0) is 25.9. The van der Waals surface area contributed by atoms with Crippen molar-refractivity contribution >= 4 is 33.0 Å². The normalized spacial score (nSPS) is 11.9. The van der Waals surface area contributed by atoms with Crippen molar-refractivity contribution in [1.82, 2.24) is 9.97 Å². The lowest BCUT2D eigenvalue weighted by atomic mass is 10.1. The summed E-state index contributed by atoms with van der Waals surface area (Å²) in [6, 6.07) is 15.9. The van der Waals surface area contributed by atoms with Gasteiger partial charge in [0.1, 0.15) is 22.6 Å². The quantitative estimate of drug-likeness (QED) is 0.152. The Balaban J connectivity index is 1.27. The smallest absolute Gasteiger partial charge is 0.263 e. The van der Waals surface area contributed by atoms with Gasteiger partial charge in [0, 0.05) is 23.6 Å². The van der Waals surface area contributed by atoms with E-state index in [0.717, 1.165) is 70.2 Å². The Hall–Kier alpha value is -3.80. The third-order valence-corrected chi connectivity index (χ3v) is 7.21. The Morgan fingerprint density at radius 2 is 0.974 bits per heavy atom. The number of fused-ring (bicyclic) bond motifs is 5. The fourth-order valence-corrected chi connectivity index (χ4v) is 5.10. The number of furan rings is 2. The fraction of sp³-hybridized carbons (Fsp3) is 0.375. The second-order valence-electron chi connectivity index (χ2n) is 10.1. The molecule has 6 rings (SSSR count). The second kappa shape index (κ2) is 10.9. The van der Waals surface area contributed by atoms with E-state index in [4.69, 9.17) is 27.6 Å². The summed E-state index contributed by atoms with van der Waals surface area (Å²) in [4.78, 5) is 9.63. The maximum Gasteiger partial charge on any atom is 0.263 e. The van der Waals surface area contributed by atoms with Crippen LogP contribution in [0.3, 0.4) is 0 Å². The zero-order valence-corrected chi connectivity index (χ0v) is 22.2. The Kier molecular flexibility index (Phi) is 7.04. The number of rotatable bonds is 12. The molecule has 38 heavy (non-hydrogen) atoms. The minimum atomic E-state index is 0.496. The topological polar surface area (TPSA) is 78.3 Å². The van der Waals surface area contributed by atoms with Gasteiger partial charge in [-0.05, 0) is 61.4 Å². The standard InChI is InChI=1S/C32H34N2O4/c1-3-5-7-9-11-21-13-17-27(35-21)31-33-29-23-16-20-26-30(24(23)15-19-25(29)37-31)34-32(38-26)28-18-14-22(36-28)12-10-8-6-4-2/h13-20H,3-12H2,1-2H3. The highest BCUT2D eigenvalue weighted by Gasteiger charge is 2.18. The summed E-state index contributed by atoms with van der Waals surface area (Å²) in [5, 5.41) is 1.93. The molecule has 6 aromatic rings. The Morgan fingerprint density at radius 1 is 0.500 bits per heavy atom. The highest BCUT2D eigenvalue weighted by molar-refractivity contribution is 6.13. The van der Waals surface area contributed by atoms with Crippen LogP contribution in [0.4, 0.5) is 0 Å². The summed E-state index contributed by atoms with van der Waals surface area (Å²) in [7, 11) is 0. The van der Waals surface area contributed by atoms with Crippen LogP contribution in [0.2, 0.25) is 0 Å². The number of aryl methyl sites for hydroxylation is 2. The maximum atomic E-state index is 6.09. The molecule has 0 aliphatic heterocycles. The Labute approximate surface area is 222 Å². The lowest BCUT2D eigenvalue weighted by molar-refractivity contribution is 0.485. The molecule has 6 nitrogen and oxygen atoms in total. The van der Waals surface area contributed by atoms with Crippen LogP contribution in [-0.2, 0) is 12.8 Å². The first-order valence-corrected chi connectivity index (χ1v) is 14.0.